The normalized spacial score (nSPS) is 15.4. The van der Waals surface area contributed by atoms with Crippen LogP contribution in [-0.4, -0.2) is 46.2 Å². The van der Waals surface area contributed by atoms with Crippen molar-refractivity contribution in [2.75, 3.05) is 20.8 Å². The van der Waals surface area contributed by atoms with E-state index < -0.39 is 16.0 Å². The van der Waals surface area contributed by atoms with Crippen LogP contribution in [0, 0.1) is 6.07 Å². The molecule has 2 saturated carbocycles. The van der Waals surface area contributed by atoms with Crippen molar-refractivity contribution in [1.82, 2.24) is 0 Å². The van der Waals surface area contributed by atoms with E-state index in [0.717, 1.165) is 28.9 Å². The van der Waals surface area contributed by atoms with Crippen molar-refractivity contribution >= 4 is 40.7 Å². The molecule has 0 amide bonds. The SMILES string of the molecule is COc1ccc(OC)c([PH+](C2CCCCC2)C2CCCCC2)c1-c1c(C(C)C)cc(C(C)C)cc1C(C)C.C[Si](C)(C)CCOC(=O)c1cc[c-]cc1.[Br][Pd+]. The summed E-state index contributed by atoms with van der Waals surface area (Å²) in [6, 6.07) is 20.2. The van der Waals surface area contributed by atoms with E-state index in [1.54, 1.807) is 29.6 Å². The standard InChI is InChI=1S/C35H53O2P.C12H17O2Si.BrH.Pd/c1-23(2)26-21-29(24(3)4)33(30(22-26)25(5)6)34-31(36-7)19-20-32(37-8)35(34)38(27-15-11-9-12-16-27)28-17-13-10-14-18-28;1-15(2,3)10-9-14-12(13)11-7-5-4-6-8-11;;/h19-25,27-28H,9-18H2,1-8H3;5-8H,9-10H2,1-3H3;1H;/q;-1;;+2. The van der Waals surface area contributed by atoms with Crippen LogP contribution in [0.1, 0.15) is 151 Å². The van der Waals surface area contributed by atoms with E-state index in [9.17, 15) is 4.79 Å². The number of esters is 1. The summed E-state index contributed by atoms with van der Waals surface area (Å²) in [5, 5.41) is 1.55. The molecule has 0 heterocycles. The molecule has 3 aromatic rings. The summed E-state index contributed by atoms with van der Waals surface area (Å²) < 4.78 is 17.8. The van der Waals surface area contributed by atoms with Crippen LogP contribution in [0.5, 0.6) is 11.5 Å². The molecule has 0 bridgehead atoms. The number of carbonyl (C=O) groups is 1. The van der Waals surface area contributed by atoms with Gasteiger partial charge in [0.2, 0.25) is 0 Å². The number of methoxy groups -OCH3 is 2. The van der Waals surface area contributed by atoms with Gasteiger partial charge in [0.25, 0.3) is 0 Å². The Hall–Kier alpha value is -1.48. The maximum atomic E-state index is 11.5. The Labute approximate surface area is 355 Å². The third-order valence-corrected chi connectivity index (χ3v) is 17.1. The number of hydrogen-bond acceptors (Lipinski definition) is 4. The molecular weight excluding hydrogens is 874 g/mol. The van der Waals surface area contributed by atoms with Gasteiger partial charge in [-0.2, -0.15) is 30.3 Å². The number of halogens is 1. The topological polar surface area (TPSA) is 44.8 Å². The monoisotopic (exact) mass is 943 g/mol. The van der Waals surface area contributed by atoms with Crippen LogP contribution in [0.25, 0.3) is 11.1 Å². The summed E-state index contributed by atoms with van der Waals surface area (Å²) in [5.41, 5.74) is 9.48. The molecule has 55 heavy (non-hydrogen) atoms. The second-order valence-electron chi connectivity index (χ2n) is 17.6. The molecule has 308 valence electrons. The van der Waals surface area contributed by atoms with E-state index in [0.29, 0.717) is 29.9 Å². The number of ether oxygens (including phenoxy) is 3. The predicted molar refractivity (Wildman–Crippen MR) is 242 cm³/mol. The summed E-state index contributed by atoms with van der Waals surface area (Å²) in [7, 11) is 1.77. The Kier molecular flexibility index (Phi) is 20.7. The van der Waals surface area contributed by atoms with Gasteiger partial charge in [0.1, 0.15) is 11.1 Å². The fourth-order valence-electron chi connectivity index (χ4n) is 8.31. The van der Waals surface area contributed by atoms with Crippen molar-refractivity contribution in [3.8, 4) is 22.6 Å². The van der Waals surface area contributed by atoms with Crippen LogP contribution in [0.15, 0.2) is 48.5 Å². The fraction of sp³-hybridized carbons (Fsp3) is 0.596. The minimum atomic E-state index is -1.11. The first-order valence-electron chi connectivity index (χ1n) is 20.8. The zero-order chi connectivity index (χ0) is 40.7. The first-order chi connectivity index (χ1) is 26.3. The van der Waals surface area contributed by atoms with Crippen molar-refractivity contribution in [1.29, 1.82) is 0 Å². The zero-order valence-corrected chi connectivity index (χ0v) is 41.0. The Bertz CT molecular complexity index is 1550. The number of hydrogen-bond donors (Lipinski definition) is 0. The van der Waals surface area contributed by atoms with Crippen LogP contribution >= 0.6 is 21.4 Å². The molecule has 2 fully saturated rings. The van der Waals surface area contributed by atoms with Gasteiger partial charge in [-0.3, -0.25) is 0 Å². The van der Waals surface area contributed by atoms with E-state index in [4.69, 9.17) is 14.2 Å². The molecule has 8 heteroatoms. The number of carbonyl (C=O) groups excluding carboxylic acids is 1. The first kappa shape index (κ1) is 47.9. The Morgan fingerprint density at radius 3 is 1.64 bits per heavy atom. The van der Waals surface area contributed by atoms with Crippen LogP contribution in [0.3, 0.4) is 0 Å². The molecular formula is C47H71BrO4PPdSi+. The summed E-state index contributed by atoms with van der Waals surface area (Å²) in [4.78, 5) is 11.5. The van der Waals surface area contributed by atoms with Crippen molar-refractivity contribution in [3.05, 3.63) is 76.9 Å². The molecule has 0 atom stereocenters. The van der Waals surface area contributed by atoms with Crippen LogP contribution in [-0.2, 0) is 21.9 Å². The molecule has 0 spiro atoms. The molecule has 3 aromatic carbocycles. The molecule has 0 unspecified atom stereocenters. The van der Waals surface area contributed by atoms with Gasteiger partial charge >= 0.3 is 36.6 Å². The van der Waals surface area contributed by atoms with E-state index in [-0.39, 0.29) is 5.97 Å². The Morgan fingerprint density at radius 1 is 0.745 bits per heavy atom. The summed E-state index contributed by atoms with van der Waals surface area (Å²) in [6.07, 6.45) is 14.0. The van der Waals surface area contributed by atoms with Gasteiger partial charge in [0, 0.05) is 16.0 Å². The van der Waals surface area contributed by atoms with Gasteiger partial charge in [-0.05, 0) is 115 Å². The molecule has 0 radical (unpaired) electrons. The van der Waals surface area contributed by atoms with Crippen LogP contribution < -0.4 is 14.8 Å². The average Bonchev–Trinajstić information content (AvgIpc) is 3.18. The molecule has 0 aliphatic heterocycles. The second kappa shape index (κ2) is 23.8. The van der Waals surface area contributed by atoms with Crippen molar-refractivity contribution in [2.24, 2.45) is 0 Å². The maximum absolute atomic E-state index is 11.5. The van der Waals surface area contributed by atoms with E-state index >= 15 is 0 Å². The quantitative estimate of drug-likeness (QED) is 0.0741. The van der Waals surface area contributed by atoms with Gasteiger partial charge in [-0.25, -0.2) is 4.79 Å². The van der Waals surface area contributed by atoms with Gasteiger partial charge in [0.15, 0.2) is 5.75 Å². The second-order valence-corrected chi connectivity index (χ2v) is 26.3. The van der Waals surface area contributed by atoms with Gasteiger partial charge in [-0.15, -0.1) is 0 Å². The Morgan fingerprint density at radius 2 is 1.22 bits per heavy atom. The molecule has 5 rings (SSSR count). The van der Waals surface area contributed by atoms with Crippen molar-refractivity contribution in [2.45, 2.75) is 161 Å². The van der Waals surface area contributed by atoms with E-state index in [1.807, 2.05) is 14.2 Å². The zero-order valence-electron chi connectivity index (χ0n) is 35.8. The number of benzene rings is 3. The van der Waals surface area contributed by atoms with Crippen LogP contribution in [0.2, 0.25) is 25.7 Å². The van der Waals surface area contributed by atoms with Crippen molar-refractivity contribution < 1.29 is 36.2 Å². The molecule has 2 aliphatic carbocycles. The molecule has 2 aliphatic rings. The predicted octanol–water partition coefficient (Wildman–Crippen LogP) is 14.1. The molecule has 0 saturated heterocycles. The summed E-state index contributed by atoms with van der Waals surface area (Å²) >= 11 is 5.35. The van der Waals surface area contributed by atoms with Crippen molar-refractivity contribution in [3.63, 3.8) is 0 Å². The van der Waals surface area contributed by atoms with E-state index in [2.05, 4.69) is 122 Å². The number of rotatable bonds is 13. The first-order valence-corrected chi connectivity index (χ1v) is 29.7. The summed E-state index contributed by atoms with van der Waals surface area (Å²) in [5.74, 6) is 3.30. The molecule has 0 aromatic heterocycles. The van der Waals surface area contributed by atoms with Gasteiger partial charge < -0.3 is 14.2 Å². The molecule has 4 nitrogen and oxygen atoms in total. The molecule has 0 N–H and O–H groups in total. The Balaban J connectivity index is 0.000000400. The summed E-state index contributed by atoms with van der Waals surface area (Å²) in [6.45, 7) is 21.5. The van der Waals surface area contributed by atoms with Gasteiger partial charge in [0.05, 0.1) is 37.7 Å². The fourth-order valence-corrected chi connectivity index (χ4v) is 13.6. The van der Waals surface area contributed by atoms with Gasteiger partial charge in [-0.1, -0.05) is 86.2 Å². The third-order valence-electron chi connectivity index (χ3n) is 11.4. The third kappa shape index (κ3) is 13.8. The average molecular weight is 945 g/mol. The minimum absolute atomic E-state index is 0.234. The van der Waals surface area contributed by atoms with Crippen LogP contribution in [0.4, 0.5) is 0 Å². The van der Waals surface area contributed by atoms with E-state index in [1.165, 1.54) is 92.0 Å².